The molecule has 0 saturated heterocycles. The summed E-state index contributed by atoms with van der Waals surface area (Å²) in [5.41, 5.74) is 0. The number of aromatic nitrogens is 3. The molecule has 0 unspecified atom stereocenters. The highest BCUT2D eigenvalue weighted by Gasteiger charge is 2.13. The van der Waals surface area contributed by atoms with Crippen LogP contribution in [0.25, 0.3) is 10.7 Å². The van der Waals surface area contributed by atoms with Gasteiger partial charge in [0, 0.05) is 18.6 Å². The second-order valence-corrected chi connectivity index (χ2v) is 7.12. The highest BCUT2D eigenvalue weighted by Crippen LogP contribution is 2.29. The molecule has 3 aromatic rings. The predicted molar refractivity (Wildman–Crippen MR) is 79.5 cm³/mol. The van der Waals surface area contributed by atoms with Crippen LogP contribution in [0.15, 0.2) is 32.0 Å². The Morgan fingerprint density at radius 3 is 3.00 bits per heavy atom. The number of anilines is 1. The van der Waals surface area contributed by atoms with Gasteiger partial charge in [0.05, 0.1) is 15.2 Å². The molecule has 0 spiro atoms. The fraction of sp³-hybridized carbons (Fsp3) is 0.182. The first-order chi connectivity index (χ1) is 9.22. The van der Waals surface area contributed by atoms with Crippen LogP contribution in [0, 0.1) is 0 Å². The maximum Gasteiger partial charge on any atom is 0.246 e. The van der Waals surface area contributed by atoms with Crippen molar-refractivity contribution in [1.29, 1.82) is 0 Å². The Kier molecular flexibility index (Phi) is 3.63. The maximum atomic E-state index is 5.26. The molecule has 0 aliphatic rings. The van der Waals surface area contributed by atoms with Gasteiger partial charge in [-0.05, 0) is 28.1 Å². The van der Waals surface area contributed by atoms with Crippen molar-refractivity contribution < 1.29 is 4.52 Å². The smallest absolute Gasteiger partial charge is 0.246 e. The van der Waals surface area contributed by atoms with Crippen LogP contribution in [0.1, 0.15) is 5.89 Å². The van der Waals surface area contributed by atoms with Crippen LogP contribution in [0.4, 0.5) is 5.13 Å². The molecule has 0 radical (unpaired) electrons. The number of thiophene rings is 1. The molecular weight excluding hydrogens is 348 g/mol. The van der Waals surface area contributed by atoms with E-state index in [0.717, 1.165) is 13.8 Å². The zero-order chi connectivity index (χ0) is 13.2. The van der Waals surface area contributed by atoms with Gasteiger partial charge < -0.3 is 9.42 Å². The summed E-state index contributed by atoms with van der Waals surface area (Å²) in [5, 5.41) is 6.86. The molecule has 98 valence electrons. The van der Waals surface area contributed by atoms with Gasteiger partial charge in [0.1, 0.15) is 0 Å². The van der Waals surface area contributed by atoms with E-state index < -0.39 is 0 Å². The van der Waals surface area contributed by atoms with E-state index in [1.165, 1.54) is 0 Å². The van der Waals surface area contributed by atoms with Crippen LogP contribution >= 0.6 is 38.6 Å². The van der Waals surface area contributed by atoms with Gasteiger partial charge in [0.15, 0.2) is 5.13 Å². The number of rotatable bonds is 4. The first-order valence-corrected chi connectivity index (χ1v) is 7.90. The standard InChI is InChI=1S/C11H9BrN4OS2/c1-16(11-13-4-5-18-11)6-9-14-10(15-17-9)7-2-3-8(12)19-7/h2-5H,6H2,1H3. The number of nitrogens with zero attached hydrogens (tertiary/aromatic N) is 4. The average molecular weight is 357 g/mol. The Labute approximate surface area is 126 Å². The summed E-state index contributed by atoms with van der Waals surface area (Å²) in [5.74, 6) is 1.20. The van der Waals surface area contributed by atoms with Crippen LogP contribution < -0.4 is 4.90 Å². The molecule has 3 rings (SSSR count). The third-order valence-electron chi connectivity index (χ3n) is 2.38. The lowest BCUT2D eigenvalue weighted by molar-refractivity contribution is 0.378. The van der Waals surface area contributed by atoms with E-state index in [0.29, 0.717) is 18.3 Å². The molecule has 0 N–H and O–H groups in total. The summed E-state index contributed by atoms with van der Waals surface area (Å²) < 4.78 is 6.31. The van der Waals surface area contributed by atoms with E-state index in [9.17, 15) is 0 Å². The topological polar surface area (TPSA) is 55.1 Å². The van der Waals surface area contributed by atoms with Gasteiger partial charge >= 0.3 is 0 Å². The van der Waals surface area contributed by atoms with Crippen molar-refractivity contribution in [2.24, 2.45) is 0 Å². The molecular formula is C11H9BrN4OS2. The molecule has 8 heteroatoms. The van der Waals surface area contributed by atoms with Gasteiger partial charge in [-0.15, -0.1) is 22.7 Å². The van der Waals surface area contributed by atoms with Gasteiger partial charge in [0.2, 0.25) is 11.7 Å². The van der Waals surface area contributed by atoms with Gasteiger partial charge in [-0.3, -0.25) is 0 Å². The Morgan fingerprint density at radius 1 is 1.42 bits per heavy atom. The van der Waals surface area contributed by atoms with E-state index in [1.54, 1.807) is 28.9 Å². The molecule has 0 fully saturated rings. The third-order valence-corrected chi connectivity index (χ3v) is 4.89. The summed E-state index contributed by atoms with van der Waals surface area (Å²) in [7, 11) is 1.95. The molecule has 5 nitrogen and oxygen atoms in total. The summed E-state index contributed by atoms with van der Waals surface area (Å²) in [4.78, 5) is 11.6. The largest absolute Gasteiger partial charge is 0.342 e. The minimum atomic E-state index is 0.549. The van der Waals surface area contributed by atoms with Crippen LogP contribution in [0.3, 0.4) is 0 Å². The maximum absolute atomic E-state index is 5.26. The molecule has 0 atom stereocenters. The lowest BCUT2D eigenvalue weighted by Crippen LogP contribution is -2.16. The van der Waals surface area contributed by atoms with Crippen molar-refractivity contribution in [2.75, 3.05) is 11.9 Å². The number of thiazole rings is 1. The second-order valence-electron chi connectivity index (χ2n) is 3.79. The third kappa shape index (κ3) is 2.85. The van der Waals surface area contributed by atoms with Crippen molar-refractivity contribution in [1.82, 2.24) is 15.1 Å². The van der Waals surface area contributed by atoms with Gasteiger partial charge in [0.25, 0.3) is 0 Å². The van der Waals surface area contributed by atoms with E-state index >= 15 is 0 Å². The average Bonchev–Trinajstić information content (AvgIpc) is 3.07. The first-order valence-electron chi connectivity index (χ1n) is 5.41. The van der Waals surface area contributed by atoms with Gasteiger partial charge in [-0.1, -0.05) is 5.16 Å². The Hall–Kier alpha value is -1.25. The van der Waals surface area contributed by atoms with Crippen molar-refractivity contribution in [3.05, 3.63) is 33.4 Å². The van der Waals surface area contributed by atoms with Gasteiger partial charge in [-0.25, -0.2) is 4.98 Å². The lowest BCUT2D eigenvalue weighted by Gasteiger charge is -2.11. The zero-order valence-electron chi connectivity index (χ0n) is 9.91. The fourth-order valence-electron chi connectivity index (χ4n) is 1.53. The summed E-state index contributed by atoms with van der Waals surface area (Å²) in [6, 6.07) is 3.94. The fourth-order valence-corrected chi connectivity index (χ4v) is 3.45. The molecule has 0 aliphatic carbocycles. The monoisotopic (exact) mass is 356 g/mol. The van der Waals surface area contributed by atoms with Crippen molar-refractivity contribution in [3.63, 3.8) is 0 Å². The molecule has 3 aromatic heterocycles. The SMILES string of the molecule is CN(Cc1nc(-c2ccc(Br)s2)no1)c1nccs1. The van der Waals surface area contributed by atoms with E-state index in [2.05, 4.69) is 31.1 Å². The molecule has 0 saturated carbocycles. The predicted octanol–water partition coefficient (Wildman–Crippen LogP) is 3.65. The van der Waals surface area contributed by atoms with Crippen LogP contribution in [-0.4, -0.2) is 22.2 Å². The van der Waals surface area contributed by atoms with Crippen LogP contribution in [0.5, 0.6) is 0 Å². The molecule has 0 aliphatic heterocycles. The molecule has 3 heterocycles. The number of hydrogen-bond donors (Lipinski definition) is 0. The Balaban J connectivity index is 1.75. The van der Waals surface area contributed by atoms with E-state index in [4.69, 9.17) is 4.52 Å². The lowest BCUT2D eigenvalue weighted by atomic mass is 10.4. The highest BCUT2D eigenvalue weighted by atomic mass is 79.9. The summed E-state index contributed by atoms with van der Waals surface area (Å²) >= 11 is 6.58. The van der Waals surface area contributed by atoms with Crippen LogP contribution in [-0.2, 0) is 6.54 Å². The molecule has 0 amide bonds. The highest BCUT2D eigenvalue weighted by molar-refractivity contribution is 9.11. The molecule has 0 bridgehead atoms. The first kappa shape index (κ1) is 12.8. The number of halogens is 1. The molecule has 0 aromatic carbocycles. The molecule has 19 heavy (non-hydrogen) atoms. The summed E-state index contributed by atoms with van der Waals surface area (Å²) in [6.07, 6.45) is 1.78. The van der Waals surface area contributed by atoms with Crippen molar-refractivity contribution >= 4 is 43.7 Å². The minimum Gasteiger partial charge on any atom is -0.342 e. The zero-order valence-corrected chi connectivity index (χ0v) is 13.1. The van der Waals surface area contributed by atoms with Crippen molar-refractivity contribution in [2.45, 2.75) is 6.54 Å². The minimum absolute atomic E-state index is 0.549. The van der Waals surface area contributed by atoms with E-state index in [-0.39, 0.29) is 0 Å². The Bertz CT molecular complexity index is 664. The van der Waals surface area contributed by atoms with Gasteiger partial charge in [-0.2, -0.15) is 4.98 Å². The summed E-state index contributed by atoms with van der Waals surface area (Å²) in [6.45, 7) is 0.549. The van der Waals surface area contributed by atoms with Crippen LogP contribution in [0.2, 0.25) is 0 Å². The number of hydrogen-bond acceptors (Lipinski definition) is 7. The second kappa shape index (κ2) is 5.40. The normalized spacial score (nSPS) is 10.8. The van der Waals surface area contributed by atoms with Crippen molar-refractivity contribution in [3.8, 4) is 10.7 Å². The quantitative estimate of drug-likeness (QED) is 0.713. The van der Waals surface area contributed by atoms with E-state index in [1.807, 2.05) is 29.5 Å². The Morgan fingerprint density at radius 2 is 2.32 bits per heavy atom.